The van der Waals surface area contributed by atoms with Gasteiger partial charge in [-0.05, 0) is 36.4 Å². The van der Waals surface area contributed by atoms with Gasteiger partial charge in [-0.3, -0.25) is 0 Å². The Hall–Kier alpha value is -0.380. The fourth-order valence-electron chi connectivity index (χ4n) is 2.43. The summed E-state index contributed by atoms with van der Waals surface area (Å²) >= 11 is 3.70. The molecule has 0 saturated carbocycles. The van der Waals surface area contributed by atoms with Gasteiger partial charge in [-0.1, -0.05) is 54.9 Å². The maximum Gasteiger partial charge on any atom is 0.0465 e. The van der Waals surface area contributed by atoms with E-state index in [0.717, 1.165) is 26.1 Å². The quantitative estimate of drug-likeness (QED) is 0.716. The van der Waals surface area contributed by atoms with Crippen molar-refractivity contribution in [1.82, 2.24) is 5.32 Å². The first-order valence-corrected chi connectivity index (χ1v) is 8.29. The maximum absolute atomic E-state index is 5.24. The number of rotatable bonds is 9. The molecule has 20 heavy (non-hydrogen) atoms. The van der Waals surface area contributed by atoms with Crippen LogP contribution in [-0.4, -0.2) is 26.8 Å². The van der Waals surface area contributed by atoms with E-state index in [1.54, 1.807) is 7.11 Å². The van der Waals surface area contributed by atoms with Crippen LogP contribution in [0.2, 0.25) is 0 Å². The van der Waals surface area contributed by atoms with E-state index < -0.39 is 0 Å². The highest BCUT2D eigenvalue weighted by Crippen LogP contribution is 2.31. The fourth-order valence-corrected chi connectivity index (χ4v) is 3.00. The summed E-state index contributed by atoms with van der Waals surface area (Å²) in [7, 11) is 1.77. The van der Waals surface area contributed by atoms with Crippen LogP contribution in [0.1, 0.15) is 38.7 Å². The van der Waals surface area contributed by atoms with E-state index in [0.29, 0.717) is 17.8 Å². The molecule has 0 aliphatic rings. The lowest BCUT2D eigenvalue weighted by Crippen LogP contribution is -2.29. The molecule has 1 rings (SSSR count). The monoisotopic (exact) mass is 341 g/mol. The van der Waals surface area contributed by atoms with Crippen molar-refractivity contribution in [3.63, 3.8) is 0 Å². The van der Waals surface area contributed by atoms with Crippen LogP contribution in [-0.2, 0) is 4.74 Å². The zero-order valence-corrected chi connectivity index (χ0v) is 14.7. The van der Waals surface area contributed by atoms with Gasteiger partial charge in [0.25, 0.3) is 0 Å². The van der Waals surface area contributed by atoms with E-state index in [4.69, 9.17) is 4.74 Å². The molecule has 1 N–H and O–H groups in total. The Morgan fingerprint density at radius 1 is 1.15 bits per heavy atom. The van der Waals surface area contributed by atoms with Crippen LogP contribution < -0.4 is 5.32 Å². The second kappa shape index (κ2) is 9.54. The normalized spacial score (nSPS) is 14.5. The molecule has 3 heteroatoms. The third kappa shape index (κ3) is 5.94. The molecule has 2 nitrogen and oxygen atoms in total. The van der Waals surface area contributed by atoms with E-state index in [9.17, 15) is 0 Å². The van der Waals surface area contributed by atoms with Gasteiger partial charge in [-0.25, -0.2) is 0 Å². The van der Waals surface area contributed by atoms with Crippen LogP contribution in [0.5, 0.6) is 0 Å². The molecule has 0 radical (unpaired) electrons. The number of halogens is 1. The molecule has 0 aliphatic heterocycles. The van der Waals surface area contributed by atoms with E-state index in [1.165, 1.54) is 10.0 Å². The first-order valence-electron chi connectivity index (χ1n) is 7.50. The Bertz CT molecular complexity index is 381. The van der Waals surface area contributed by atoms with E-state index >= 15 is 0 Å². The van der Waals surface area contributed by atoms with Crippen LogP contribution in [0.25, 0.3) is 0 Å². The van der Waals surface area contributed by atoms with Crippen LogP contribution in [0.3, 0.4) is 0 Å². The molecular weight excluding hydrogens is 314 g/mol. The number of nitrogens with one attached hydrogen (secondary N) is 1. The zero-order valence-electron chi connectivity index (χ0n) is 13.2. The summed E-state index contributed by atoms with van der Waals surface area (Å²) in [5, 5.41) is 3.61. The standard InChI is InChI=1S/C17H28BrNO/c1-13(2)11-19-12-16(14(3)9-10-20-4)15-7-5-6-8-17(15)18/h5-8,13-14,16,19H,9-12H2,1-4H3. The molecule has 0 spiro atoms. The summed E-state index contributed by atoms with van der Waals surface area (Å²) in [6, 6.07) is 8.56. The highest BCUT2D eigenvalue weighted by Gasteiger charge is 2.21. The molecule has 0 saturated heterocycles. The van der Waals surface area contributed by atoms with Gasteiger partial charge in [0.1, 0.15) is 0 Å². The first kappa shape index (κ1) is 17.7. The highest BCUT2D eigenvalue weighted by molar-refractivity contribution is 9.10. The van der Waals surface area contributed by atoms with Gasteiger partial charge in [0.15, 0.2) is 0 Å². The van der Waals surface area contributed by atoms with Gasteiger partial charge in [-0.2, -0.15) is 0 Å². The van der Waals surface area contributed by atoms with Crippen molar-refractivity contribution in [1.29, 1.82) is 0 Å². The predicted molar refractivity (Wildman–Crippen MR) is 90.2 cm³/mol. The average Bonchev–Trinajstić information content (AvgIpc) is 2.42. The van der Waals surface area contributed by atoms with Gasteiger partial charge in [-0.15, -0.1) is 0 Å². The SMILES string of the molecule is COCCC(C)C(CNCC(C)C)c1ccccc1Br. The van der Waals surface area contributed by atoms with Crippen molar-refractivity contribution in [3.05, 3.63) is 34.3 Å². The Morgan fingerprint density at radius 3 is 2.45 bits per heavy atom. The molecule has 0 fully saturated rings. The lowest BCUT2D eigenvalue weighted by Gasteiger charge is -2.26. The summed E-state index contributed by atoms with van der Waals surface area (Å²) in [4.78, 5) is 0. The van der Waals surface area contributed by atoms with Crippen molar-refractivity contribution < 1.29 is 4.74 Å². The van der Waals surface area contributed by atoms with Crippen LogP contribution in [0, 0.1) is 11.8 Å². The predicted octanol–water partition coefficient (Wildman–Crippen LogP) is 4.45. The highest BCUT2D eigenvalue weighted by atomic mass is 79.9. The number of benzene rings is 1. The topological polar surface area (TPSA) is 21.3 Å². The number of hydrogen-bond acceptors (Lipinski definition) is 2. The van der Waals surface area contributed by atoms with Gasteiger partial charge in [0.05, 0.1) is 0 Å². The van der Waals surface area contributed by atoms with Crippen LogP contribution in [0.15, 0.2) is 28.7 Å². The minimum atomic E-state index is 0.513. The molecule has 0 amide bonds. The van der Waals surface area contributed by atoms with E-state index in [-0.39, 0.29) is 0 Å². The Labute approximate surface area is 132 Å². The molecule has 1 aromatic rings. The number of methoxy groups -OCH3 is 1. The Morgan fingerprint density at radius 2 is 1.85 bits per heavy atom. The largest absolute Gasteiger partial charge is 0.385 e. The van der Waals surface area contributed by atoms with Gasteiger partial charge < -0.3 is 10.1 Å². The first-order chi connectivity index (χ1) is 9.56. The average molecular weight is 342 g/mol. The second-order valence-electron chi connectivity index (χ2n) is 5.94. The summed E-state index contributed by atoms with van der Waals surface area (Å²) in [5.41, 5.74) is 1.40. The summed E-state index contributed by atoms with van der Waals surface area (Å²) in [6.07, 6.45) is 1.09. The maximum atomic E-state index is 5.24. The molecule has 114 valence electrons. The van der Waals surface area contributed by atoms with Crippen molar-refractivity contribution in [3.8, 4) is 0 Å². The van der Waals surface area contributed by atoms with Gasteiger partial charge >= 0.3 is 0 Å². The molecule has 0 heterocycles. The molecule has 0 aromatic heterocycles. The molecular formula is C17H28BrNO. The van der Waals surface area contributed by atoms with E-state index in [1.807, 2.05) is 0 Å². The molecule has 1 aromatic carbocycles. The van der Waals surface area contributed by atoms with Gasteiger partial charge in [0, 0.05) is 30.7 Å². The fraction of sp³-hybridized carbons (Fsp3) is 0.647. The summed E-state index contributed by atoms with van der Waals surface area (Å²) in [5.74, 6) is 1.79. The Balaban J connectivity index is 2.75. The molecule has 0 aliphatic carbocycles. The number of ether oxygens (including phenoxy) is 1. The van der Waals surface area contributed by atoms with Crippen molar-refractivity contribution in [2.45, 2.75) is 33.1 Å². The van der Waals surface area contributed by atoms with Gasteiger partial charge in [0.2, 0.25) is 0 Å². The summed E-state index contributed by atoms with van der Waals surface area (Å²) < 4.78 is 6.45. The zero-order chi connectivity index (χ0) is 15.0. The van der Waals surface area contributed by atoms with E-state index in [2.05, 4.69) is 66.3 Å². The lowest BCUT2D eigenvalue weighted by atomic mass is 9.85. The molecule has 0 bridgehead atoms. The smallest absolute Gasteiger partial charge is 0.0465 e. The third-order valence-electron chi connectivity index (χ3n) is 3.69. The minimum Gasteiger partial charge on any atom is -0.385 e. The van der Waals surface area contributed by atoms with Crippen LogP contribution in [0.4, 0.5) is 0 Å². The molecule has 2 unspecified atom stereocenters. The van der Waals surface area contributed by atoms with Crippen molar-refractivity contribution in [2.75, 3.05) is 26.8 Å². The lowest BCUT2D eigenvalue weighted by molar-refractivity contribution is 0.173. The Kier molecular flexibility index (Phi) is 8.43. The third-order valence-corrected chi connectivity index (χ3v) is 4.41. The van der Waals surface area contributed by atoms with Crippen LogP contribution >= 0.6 is 15.9 Å². The molecule has 2 atom stereocenters. The second-order valence-corrected chi connectivity index (χ2v) is 6.79. The number of hydrogen-bond donors (Lipinski definition) is 1. The van der Waals surface area contributed by atoms with Crippen molar-refractivity contribution >= 4 is 15.9 Å². The summed E-state index contributed by atoms with van der Waals surface area (Å²) in [6.45, 7) is 9.72. The van der Waals surface area contributed by atoms with Crippen molar-refractivity contribution in [2.24, 2.45) is 11.8 Å². The minimum absolute atomic E-state index is 0.513.